The van der Waals surface area contributed by atoms with Crippen LogP contribution >= 0.6 is 0 Å². The van der Waals surface area contributed by atoms with Gasteiger partial charge in [-0.05, 0) is 37.1 Å². The van der Waals surface area contributed by atoms with Gasteiger partial charge < -0.3 is 20.6 Å². The van der Waals surface area contributed by atoms with Crippen LogP contribution in [-0.2, 0) is 9.59 Å². The molecule has 8 nitrogen and oxygen atoms in total. The van der Waals surface area contributed by atoms with Crippen LogP contribution in [0.2, 0.25) is 0 Å². The standard InChI is InChI=1S/C18H21N5O3/c1-12(24)21-14-2-4-15(5-3-14)22-16-10-17(20-11-19-16)23-8-6-13(7-9-23)18(25)26/h2-5,10-11,13H,6-9H2,1H3,(H,21,24)(H,25,26)(H,19,20,22). The summed E-state index contributed by atoms with van der Waals surface area (Å²) in [5, 5.41) is 15.0. The molecule has 1 saturated heterocycles. The molecular formula is C18H21N5O3. The molecule has 26 heavy (non-hydrogen) atoms. The third-order valence-electron chi connectivity index (χ3n) is 4.30. The van der Waals surface area contributed by atoms with Gasteiger partial charge in [-0.1, -0.05) is 0 Å². The Hall–Kier alpha value is -3.16. The van der Waals surface area contributed by atoms with Crippen molar-refractivity contribution in [2.75, 3.05) is 28.6 Å². The fraction of sp³-hybridized carbons (Fsp3) is 0.333. The van der Waals surface area contributed by atoms with E-state index in [1.54, 1.807) is 0 Å². The van der Waals surface area contributed by atoms with Crippen LogP contribution in [0.15, 0.2) is 36.7 Å². The van der Waals surface area contributed by atoms with Gasteiger partial charge in [0.25, 0.3) is 0 Å². The highest BCUT2D eigenvalue weighted by Gasteiger charge is 2.25. The number of carbonyl (C=O) groups is 2. The first-order valence-corrected chi connectivity index (χ1v) is 8.46. The zero-order chi connectivity index (χ0) is 18.5. The van der Waals surface area contributed by atoms with E-state index in [0.29, 0.717) is 31.7 Å². The highest BCUT2D eigenvalue weighted by atomic mass is 16.4. The van der Waals surface area contributed by atoms with E-state index in [9.17, 15) is 9.59 Å². The van der Waals surface area contributed by atoms with Crippen LogP contribution < -0.4 is 15.5 Å². The van der Waals surface area contributed by atoms with Crippen molar-refractivity contribution in [3.8, 4) is 0 Å². The number of hydrogen-bond acceptors (Lipinski definition) is 6. The summed E-state index contributed by atoms with van der Waals surface area (Å²) in [6.45, 7) is 2.80. The van der Waals surface area contributed by atoms with E-state index >= 15 is 0 Å². The number of aliphatic carboxylic acids is 1. The number of carboxylic acid groups (broad SMARTS) is 1. The van der Waals surface area contributed by atoms with Gasteiger partial charge in [-0.2, -0.15) is 0 Å². The number of benzene rings is 1. The van der Waals surface area contributed by atoms with Crippen molar-refractivity contribution < 1.29 is 14.7 Å². The van der Waals surface area contributed by atoms with Crippen molar-refractivity contribution in [3.63, 3.8) is 0 Å². The molecular weight excluding hydrogens is 334 g/mol. The quantitative estimate of drug-likeness (QED) is 0.756. The molecule has 3 rings (SSSR count). The smallest absolute Gasteiger partial charge is 0.306 e. The Morgan fingerprint density at radius 1 is 1.12 bits per heavy atom. The topological polar surface area (TPSA) is 107 Å². The maximum absolute atomic E-state index is 11.1. The van der Waals surface area contributed by atoms with Crippen LogP contribution in [0.3, 0.4) is 0 Å². The molecule has 0 aliphatic carbocycles. The number of aromatic nitrogens is 2. The molecule has 2 heterocycles. The van der Waals surface area contributed by atoms with Crippen LogP contribution in [0.4, 0.5) is 23.0 Å². The normalized spacial score (nSPS) is 14.7. The molecule has 1 aromatic carbocycles. The van der Waals surface area contributed by atoms with E-state index in [1.165, 1.54) is 13.3 Å². The van der Waals surface area contributed by atoms with Crippen molar-refractivity contribution >= 4 is 34.9 Å². The van der Waals surface area contributed by atoms with Gasteiger partial charge in [0.1, 0.15) is 18.0 Å². The lowest BCUT2D eigenvalue weighted by Gasteiger charge is -2.31. The van der Waals surface area contributed by atoms with Crippen molar-refractivity contribution in [1.82, 2.24) is 9.97 Å². The minimum absolute atomic E-state index is 0.113. The molecule has 0 saturated carbocycles. The first kappa shape index (κ1) is 17.7. The SMILES string of the molecule is CC(=O)Nc1ccc(Nc2cc(N3CCC(C(=O)O)CC3)ncn2)cc1. The molecule has 3 N–H and O–H groups in total. The minimum Gasteiger partial charge on any atom is -0.481 e. The molecule has 0 atom stereocenters. The third kappa shape index (κ3) is 4.47. The summed E-state index contributed by atoms with van der Waals surface area (Å²) in [6.07, 6.45) is 2.73. The number of piperidine rings is 1. The number of amides is 1. The molecule has 1 aromatic heterocycles. The molecule has 0 bridgehead atoms. The van der Waals surface area contributed by atoms with E-state index < -0.39 is 5.97 Å². The zero-order valence-corrected chi connectivity index (χ0v) is 14.5. The fourth-order valence-electron chi connectivity index (χ4n) is 2.93. The van der Waals surface area contributed by atoms with E-state index in [4.69, 9.17) is 5.11 Å². The van der Waals surface area contributed by atoms with Crippen molar-refractivity contribution in [1.29, 1.82) is 0 Å². The van der Waals surface area contributed by atoms with Crippen LogP contribution in [0.5, 0.6) is 0 Å². The number of rotatable bonds is 5. The maximum atomic E-state index is 11.1. The second-order valence-corrected chi connectivity index (χ2v) is 6.24. The molecule has 0 unspecified atom stereocenters. The Kier molecular flexibility index (Phi) is 5.31. The Morgan fingerprint density at radius 3 is 2.38 bits per heavy atom. The molecule has 0 radical (unpaired) electrons. The third-order valence-corrected chi connectivity index (χ3v) is 4.30. The second-order valence-electron chi connectivity index (χ2n) is 6.24. The van der Waals surface area contributed by atoms with Gasteiger partial charge in [0, 0.05) is 37.5 Å². The summed E-state index contributed by atoms with van der Waals surface area (Å²) in [6, 6.07) is 9.17. The zero-order valence-electron chi connectivity index (χ0n) is 14.5. The van der Waals surface area contributed by atoms with Crippen molar-refractivity contribution in [3.05, 3.63) is 36.7 Å². The van der Waals surface area contributed by atoms with Crippen molar-refractivity contribution in [2.24, 2.45) is 5.92 Å². The number of hydrogen-bond donors (Lipinski definition) is 3. The molecule has 2 aromatic rings. The Labute approximate surface area is 151 Å². The molecule has 1 aliphatic heterocycles. The Morgan fingerprint density at radius 2 is 1.77 bits per heavy atom. The number of anilines is 4. The minimum atomic E-state index is -0.725. The van der Waals surface area contributed by atoms with Gasteiger partial charge in [0.15, 0.2) is 0 Å². The van der Waals surface area contributed by atoms with Gasteiger partial charge >= 0.3 is 5.97 Å². The highest BCUT2D eigenvalue weighted by molar-refractivity contribution is 5.88. The van der Waals surface area contributed by atoms with Gasteiger partial charge in [-0.15, -0.1) is 0 Å². The number of carboxylic acids is 1. The highest BCUT2D eigenvalue weighted by Crippen LogP contribution is 2.24. The summed E-state index contributed by atoms with van der Waals surface area (Å²) < 4.78 is 0. The van der Waals surface area contributed by atoms with Crippen LogP contribution in [-0.4, -0.2) is 40.0 Å². The summed E-state index contributed by atoms with van der Waals surface area (Å²) in [7, 11) is 0. The van der Waals surface area contributed by atoms with E-state index in [2.05, 4.69) is 25.5 Å². The predicted molar refractivity (Wildman–Crippen MR) is 98.6 cm³/mol. The monoisotopic (exact) mass is 355 g/mol. The fourth-order valence-corrected chi connectivity index (χ4v) is 2.93. The number of nitrogens with one attached hydrogen (secondary N) is 2. The number of nitrogens with zero attached hydrogens (tertiary/aromatic N) is 3. The average molecular weight is 355 g/mol. The lowest BCUT2D eigenvalue weighted by Crippen LogP contribution is -2.36. The van der Waals surface area contributed by atoms with Gasteiger partial charge in [0.05, 0.1) is 5.92 Å². The molecule has 1 amide bonds. The molecule has 1 aliphatic rings. The summed E-state index contributed by atoms with van der Waals surface area (Å²) in [4.78, 5) is 32.7. The average Bonchev–Trinajstić information content (AvgIpc) is 2.63. The lowest BCUT2D eigenvalue weighted by atomic mass is 9.97. The van der Waals surface area contributed by atoms with Crippen molar-refractivity contribution in [2.45, 2.75) is 19.8 Å². The van der Waals surface area contributed by atoms with Gasteiger partial charge in [0.2, 0.25) is 5.91 Å². The van der Waals surface area contributed by atoms with Crippen LogP contribution in [0.25, 0.3) is 0 Å². The van der Waals surface area contributed by atoms with Gasteiger partial charge in [-0.25, -0.2) is 9.97 Å². The molecule has 1 fully saturated rings. The molecule has 8 heteroatoms. The maximum Gasteiger partial charge on any atom is 0.306 e. The largest absolute Gasteiger partial charge is 0.481 e. The van der Waals surface area contributed by atoms with Gasteiger partial charge in [-0.3, -0.25) is 9.59 Å². The lowest BCUT2D eigenvalue weighted by molar-refractivity contribution is -0.142. The summed E-state index contributed by atoms with van der Waals surface area (Å²) in [5.74, 6) is 0.326. The van der Waals surface area contributed by atoms with Crippen LogP contribution in [0, 0.1) is 5.92 Å². The second kappa shape index (κ2) is 7.81. The van der Waals surface area contributed by atoms with E-state index in [-0.39, 0.29) is 11.8 Å². The first-order chi connectivity index (χ1) is 12.5. The molecule has 0 spiro atoms. The number of carbonyl (C=O) groups excluding carboxylic acids is 1. The predicted octanol–water partition coefficient (Wildman–Crippen LogP) is 2.48. The van der Waals surface area contributed by atoms with E-state index in [1.807, 2.05) is 30.3 Å². The first-order valence-electron chi connectivity index (χ1n) is 8.46. The Balaban J connectivity index is 1.64. The Bertz CT molecular complexity index is 786. The summed E-state index contributed by atoms with van der Waals surface area (Å²) >= 11 is 0. The van der Waals surface area contributed by atoms with E-state index in [0.717, 1.165) is 17.2 Å². The van der Waals surface area contributed by atoms with Crippen LogP contribution in [0.1, 0.15) is 19.8 Å². The summed E-state index contributed by atoms with van der Waals surface area (Å²) in [5.41, 5.74) is 1.57. The molecule has 136 valence electrons.